The normalized spacial score (nSPS) is 11.0. The van der Waals surface area contributed by atoms with Crippen molar-refractivity contribution >= 4 is 22.6 Å². The number of carbonyl (C=O) groups is 1. The van der Waals surface area contributed by atoms with E-state index in [0.717, 1.165) is 11.4 Å². The Bertz CT molecular complexity index is 1170. The molecule has 3 heterocycles. The fourth-order valence-electron chi connectivity index (χ4n) is 2.82. The number of rotatable bonds is 3. The number of imidazole rings is 1. The Morgan fingerprint density at radius 2 is 1.88 bits per heavy atom. The molecule has 4 aromatic rings. The van der Waals surface area contributed by atoms with Gasteiger partial charge in [0, 0.05) is 17.6 Å². The minimum absolute atomic E-state index is 0.283. The van der Waals surface area contributed by atoms with Crippen molar-refractivity contribution in [3.8, 4) is 5.82 Å². The molecular formula is C18H16N6O2. The van der Waals surface area contributed by atoms with Crippen LogP contribution in [0.5, 0.6) is 0 Å². The Morgan fingerprint density at radius 1 is 1.08 bits per heavy atom. The lowest BCUT2D eigenvalue weighted by Crippen LogP contribution is -2.13. The first-order valence-electron chi connectivity index (χ1n) is 8.03. The lowest BCUT2D eigenvalue weighted by atomic mass is 10.2. The molecule has 0 aliphatic carbocycles. The fraction of sp³-hybridized carbons (Fsp3) is 0.111. The third-order valence-electron chi connectivity index (χ3n) is 4.01. The third-order valence-corrected chi connectivity index (χ3v) is 4.01. The predicted octanol–water partition coefficient (Wildman–Crippen LogP) is 2.31. The number of aromatic amines is 2. The number of nitrogens with one attached hydrogen (secondary N) is 3. The zero-order chi connectivity index (χ0) is 18.3. The molecule has 4 rings (SSSR count). The SMILES string of the molecule is Cc1cc(C)n(-c2ccc(C(=O)Nc3ccc4[nH]c(=O)[nH]c4c3)cn2)n1. The molecule has 0 bridgehead atoms. The van der Waals surface area contributed by atoms with Gasteiger partial charge in [0.15, 0.2) is 5.82 Å². The molecule has 3 aromatic heterocycles. The number of carbonyl (C=O) groups excluding carboxylic acids is 1. The van der Waals surface area contributed by atoms with Gasteiger partial charge in [-0.2, -0.15) is 5.10 Å². The molecule has 8 nitrogen and oxygen atoms in total. The standard InChI is InChI=1S/C18H16N6O2/c1-10-7-11(2)24(23-10)16-6-3-12(9-19-16)17(25)20-13-4-5-14-15(8-13)22-18(26)21-14/h3-9H,1-2H3,(H,20,25)(H2,21,22,26). The smallest absolute Gasteiger partial charge is 0.322 e. The number of hydrogen-bond acceptors (Lipinski definition) is 4. The second kappa shape index (κ2) is 5.99. The maximum atomic E-state index is 12.4. The van der Waals surface area contributed by atoms with E-state index in [1.165, 1.54) is 6.20 Å². The van der Waals surface area contributed by atoms with Crippen molar-refractivity contribution in [1.82, 2.24) is 24.7 Å². The average molecular weight is 348 g/mol. The maximum absolute atomic E-state index is 12.4. The van der Waals surface area contributed by atoms with Crippen LogP contribution in [-0.2, 0) is 0 Å². The van der Waals surface area contributed by atoms with E-state index in [0.29, 0.717) is 28.1 Å². The molecule has 0 radical (unpaired) electrons. The van der Waals surface area contributed by atoms with Gasteiger partial charge in [-0.1, -0.05) is 0 Å². The molecule has 8 heteroatoms. The van der Waals surface area contributed by atoms with Gasteiger partial charge in [0.1, 0.15) is 0 Å². The topological polar surface area (TPSA) is 108 Å². The highest BCUT2D eigenvalue weighted by molar-refractivity contribution is 6.04. The van der Waals surface area contributed by atoms with Crippen molar-refractivity contribution in [2.45, 2.75) is 13.8 Å². The summed E-state index contributed by atoms with van der Waals surface area (Å²) < 4.78 is 1.73. The lowest BCUT2D eigenvalue weighted by molar-refractivity contribution is 0.102. The zero-order valence-corrected chi connectivity index (χ0v) is 14.2. The van der Waals surface area contributed by atoms with Crippen LogP contribution in [0, 0.1) is 13.8 Å². The van der Waals surface area contributed by atoms with E-state index in [4.69, 9.17) is 0 Å². The van der Waals surface area contributed by atoms with Crippen LogP contribution in [-0.4, -0.2) is 30.6 Å². The molecule has 0 atom stereocenters. The quantitative estimate of drug-likeness (QED) is 0.528. The molecule has 1 aromatic carbocycles. The van der Waals surface area contributed by atoms with Crippen LogP contribution >= 0.6 is 0 Å². The van der Waals surface area contributed by atoms with E-state index in [1.807, 2.05) is 19.9 Å². The first-order chi connectivity index (χ1) is 12.5. The molecule has 26 heavy (non-hydrogen) atoms. The third kappa shape index (κ3) is 2.88. The van der Waals surface area contributed by atoms with Gasteiger partial charge < -0.3 is 15.3 Å². The second-order valence-electron chi connectivity index (χ2n) is 6.04. The van der Waals surface area contributed by atoms with Gasteiger partial charge in [-0.3, -0.25) is 4.79 Å². The summed E-state index contributed by atoms with van der Waals surface area (Å²) in [6.45, 7) is 3.86. The predicted molar refractivity (Wildman–Crippen MR) is 97.7 cm³/mol. The number of H-pyrrole nitrogens is 2. The van der Waals surface area contributed by atoms with E-state index in [-0.39, 0.29) is 11.6 Å². The Hall–Kier alpha value is -3.68. The molecule has 0 aliphatic heterocycles. The number of hydrogen-bond donors (Lipinski definition) is 3. The van der Waals surface area contributed by atoms with Crippen molar-refractivity contribution in [3.05, 3.63) is 70.0 Å². The Morgan fingerprint density at radius 3 is 2.58 bits per heavy atom. The van der Waals surface area contributed by atoms with E-state index in [2.05, 4.69) is 25.4 Å². The van der Waals surface area contributed by atoms with Gasteiger partial charge >= 0.3 is 5.69 Å². The molecule has 0 saturated carbocycles. The van der Waals surface area contributed by atoms with Gasteiger partial charge in [0.05, 0.1) is 22.3 Å². The minimum Gasteiger partial charge on any atom is -0.322 e. The van der Waals surface area contributed by atoms with E-state index in [9.17, 15) is 9.59 Å². The number of aryl methyl sites for hydroxylation is 2. The van der Waals surface area contributed by atoms with Crippen molar-refractivity contribution in [2.75, 3.05) is 5.32 Å². The van der Waals surface area contributed by atoms with E-state index < -0.39 is 0 Å². The highest BCUT2D eigenvalue weighted by Crippen LogP contribution is 2.16. The second-order valence-corrected chi connectivity index (χ2v) is 6.04. The summed E-state index contributed by atoms with van der Waals surface area (Å²) in [5.74, 6) is 0.369. The molecule has 0 spiro atoms. The molecule has 0 aliphatic rings. The van der Waals surface area contributed by atoms with Gasteiger partial charge in [-0.15, -0.1) is 0 Å². The van der Waals surface area contributed by atoms with Crippen LogP contribution in [0.1, 0.15) is 21.7 Å². The number of benzene rings is 1. The number of aromatic nitrogens is 5. The monoisotopic (exact) mass is 348 g/mol. The fourth-order valence-corrected chi connectivity index (χ4v) is 2.82. The van der Waals surface area contributed by atoms with E-state index >= 15 is 0 Å². The summed E-state index contributed by atoms with van der Waals surface area (Å²) in [6, 6.07) is 10.6. The van der Waals surface area contributed by atoms with Crippen LogP contribution in [0.3, 0.4) is 0 Å². The number of amides is 1. The average Bonchev–Trinajstić information content (AvgIpc) is 3.15. The summed E-state index contributed by atoms with van der Waals surface area (Å²) >= 11 is 0. The number of fused-ring (bicyclic) bond motifs is 1. The van der Waals surface area contributed by atoms with Crippen LogP contribution < -0.4 is 11.0 Å². The van der Waals surface area contributed by atoms with Crippen LogP contribution in [0.25, 0.3) is 16.9 Å². The number of anilines is 1. The minimum atomic E-state index is -0.285. The summed E-state index contributed by atoms with van der Waals surface area (Å²) in [6.07, 6.45) is 1.51. The van der Waals surface area contributed by atoms with Crippen LogP contribution in [0.4, 0.5) is 5.69 Å². The van der Waals surface area contributed by atoms with Gasteiger partial charge in [-0.25, -0.2) is 14.5 Å². The molecule has 0 fully saturated rings. The number of pyridine rings is 1. The number of nitrogens with zero attached hydrogens (tertiary/aromatic N) is 3. The van der Waals surface area contributed by atoms with Crippen molar-refractivity contribution in [1.29, 1.82) is 0 Å². The largest absolute Gasteiger partial charge is 0.323 e. The molecule has 0 saturated heterocycles. The van der Waals surface area contributed by atoms with Crippen molar-refractivity contribution < 1.29 is 4.79 Å². The van der Waals surface area contributed by atoms with Crippen molar-refractivity contribution in [3.63, 3.8) is 0 Å². The molecule has 0 unspecified atom stereocenters. The van der Waals surface area contributed by atoms with Gasteiger partial charge in [0.2, 0.25) is 0 Å². The Balaban J connectivity index is 1.55. The van der Waals surface area contributed by atoms with Gasteiger partial charge in [-0.05, 0) is 50.2 Å². The maximum Gasteiger partial charge on any atom is 0.323 e. The summed E-state index contributed by atoms with van der Waals surface area (Å²) in [5.41, 5.74) is 3.92. The summed E-state index contributed by atoms with van der Waals surface area (Å²) in [4.78, 5) is 33.4. The summed E-state index contributed by atoms with van der Waals surface area (Å²) in [5, 5.41) is 7.17. The van der Waals surface area contributed by atoms with Crippen LogP contribution in [0.15, 0.2) is 47.4 Å². The molecule has 3 N–H and O–H groups in total. The first-order valence-corrected chi connectivity index (χ1v) is 8.03. The highest BCUT2D eigenvalue weighted by atomic mass is 16.2. The summed E-state index contributed by atoms with van der Waals surface area (Å²) in [7, 11) is 0. The highest BCUT2D eigenvalue weighted by Gasteiger charge is 2.10. The van der Waals surface area contributed by atoms with Gasteiger partial charge in [0.25, 0.3) is 5.91 Å². The molecule has 1 amide bonds. The zero-order valence-electron chi connectivity index (χ0n) is 14.2. The Kier molecular flexibility index (Phi) is 3.65. The lowest BCUT2D eigenvalue weighted by Gasteiger charge is -2.07. The molecular weight excluding hydrogens is 332 g/mol. The first kappa shape index (κ1) is 15.8. The molecule has 130 valence electrons. The van der Waals surface area contributed by atoms with Crippen LogP contribution in [0.2, 0.25) is 0 Å². The Labute approximate surface area is 147 Å². The van der Waals surface area contributed by atoms with Crippen molar-refractivity contribution in [2.24, 2.45) is 0 Å². The van der Waals surface area contributed by atoms with E-state index in [1.54, 1.807) is 35.0 Å².